The maximum atomic E-state index is 5.50. The van der Waals surface area contributed by atoms with Gasteiger partial charge in [0.1, 0.15) is 5.75 Å². The molecule has 14 heavy (non-hydrogen) atoms. The van der Waals surface area contributed by atoms with Crippen LogP contribution in [0.3, 0.4) is 0 Å². The summed E-state index contributed by atoms with van der Waals surface area (Å²) in [5, 5.41) is 0. The topological polar surface area (TPSA) is 9.23 Å². The van der Waals surface area contributed by atoms with E-state index < -0.39 is 0 Å². The number of hydrogen-bond donors (Lipinski definition) is 1. The van der Waals surface area contributed by atoms with Crippen LogP contribution in [0.15, 0.2) is 24.3 Å². The van der Waals surface area contributed by atoms with Gasteiger partial charge in [-0.2, -0.15) is 12.6 Å². The minimum Gasteiger partial charge on any atom is -0.494 e. The zero-order chi connectivity index (χ0) is 10.2. The van der Waals surface area contributed by atoms with Crippen molar-refractivity contribution in [1.82, 2.24) is 0 Å². The third-order valence-electron chi connectivity index (χ3n) is 2.02. The van der Waals surface area contributed by atoms with Crippen LogP contribution in [-0.2, 0) is 6.42 Å². The predicted octanol–water partition coefficient (Wildman–Crippen LogP) is 3.34. The van der Waals surface area contributed by atoms with Crippen molar-refractivity contribution in [2.24, 2.45) is 0 Å². The SMILES string of the molecule is CCCOc1ccc(CCCS)cc1. The minimum absolute atomic E-state index is 0.802. The van der Waals surface area contributed by atoms with E-state index in [1.807, 2.05) is 12.1 Å². The molecule has 0 unspecified atom stereocenters. The Labute approximate surface area is 91.9 Å². The second-order valence-electron chi connectivity index (χ2n) is 3.32. The van der Waals surface area contributed by atoms with Gasteiger partial charge >= 0.3 is 0 Å². The molecule has 2 heteroatoms. The van der Waals surface area contributed by atoms with Crippen LogP contribution >= 0.6 is 12.6 Å². The van der Waals surface area contributed by atoms with Gasteiger partial charge in [0.25, 0.3) is 0 Å². The highest BCUT2D eigenvalue weighted by molar-refractivity contribution is 7.80. The Kier molecular flexibility index (Phi) is 5.53. The van der Waals surface area contributed by atoms with Gasteiger partial charge in [0.15, 0.2) is 0 Å². The first kappa shape index (κ1) is 11.4. The van der Waals surface area contributed by atoms with Gasteiger partial charge in [-0.15, -0.1) is 0 Å². The first-order chi connectivity index (χ1) is 6.86. The summed E-state index contributed by atoms with van der Waals surface area (Å²) in [4.78, 5) is 0. The van der Waals surface area contributed by atoms with Crippen molar-refractivity contribution in [1.29, 1.82) is 0 Å². The van der Waals surface area contributed by atoms with E-state index in [9.17, 15) is 0 Å². The standard InChI is InChI=1S/C12H18OS/c1-2-9-13-12-7-5-11(6-8-12)4-3-10-14/h5-8,14H,2-4,9-10H2,1H3. The smallest absolute Gasteiger partial charge is 0.119 e. The van der Waals surface area contributed by atoms with Gasteiger partial charge in [-0.05, 0) is 42.7 Å². The maximum absolute atomic E-state index is 5.50. The summed E-state index contributed by atoms with van der Waals surface area (Å²) in [5.41, 5.74) is 1.36. The Morgan fingerprint density at radius 2 is 1.93 bits per heavy atom. The van der Waals surface area contributed by atoms with Crippen LogP contribution in [0, 0.1) is 0 Å². The highest BCUT2D eigenvalue weighted by atomic mass is 32.1. The second-order valence-corrected chi connectivity index (χ2v) is 3.77. The third-order valence-corrected chi connectivity index (χ3v) is 2.34. The molecule has 0 radical (unpaired) electrons. The summed E-state index contributed by atoms with van der Waals surface area (Å²) in [5.74, 6) is 1.93. The number of thiol groups is 1. The van der Waals surface area contributed by atoms with Crippen LogP contribution in [-0.4, -0.2) is 12.4 Å². The van der Waals surface area contributed by atoms with E-state index in [0.717, 1.165) is 37.4 Å². The zero-order valence-electron chi connectivity index (χ0n) is 8.70. The van der Waals surface area contributed by atoms with Crippen molar-refractivity contribution in [3.05, 3.63) is 29.8 Å². The lowest BCUT2D eigenvalue weighted by molar-refractivity contribution is 0.317. The molecule has 0 aliphatic rings. The quantitative estimate of drug-likeness (QED) is 0.709. The van der Waals surface area contributed by atoms with Crippen molar-refractivity contribution in [3.63, 3.8) is 0 Å². The fourth-order valence-corrected chi connectivity index (χ4v) is 1.41. The predicted molar refractivity (Wildman–Crippen MR) is 64.4 cm³/mol. The molecule has 0 amide bonds. The van der Waals surface area contributed by atoms with Crippen LogP contribution in [0.5, 0.6) is 5.75 Å². The number of aryl methyl sites for hydroxylation is 1. The molecule has 0 bridgehead atoms. The summed E-state index contributed by atoms with van der Waals surface area (Å²) < 4.78 is 5.50. The Hall–Kier alpha value is -0.630. The molecule has 0 aromatic heterocycles. The van der Waals surface area contributed by atoms with Gasteiger partial charge in [0.2, 0.25) is 0 Å². The Morgan fingerprint density at radius 1 is 1.21 bits per heavy atom. The molecule has 0 saturated carbocycles. The number of benzene rings is 1. The highest BCUT2D eigenvalue weighted by Gasteiger charge is 1.94. The van der Waals surface area contributed by atoms with Gasteiger partial charge in [-0.25, -0.2) is 0 Å². The van der Waals surface area contributed by atoms with Gasteiger partial charge < -0.3 is 4.74 Å². The lowest BCUT2D eigenvalue weighted by atomic mass is 10.1. The van der Waals surface area contributed by atoms with E-state index in [0.29, 0.717) is 0 Å². The molecular weight excluding hydrogens is 192 g/mol. The lowest BCUT2D eigenvalue weighted by Gasteiger charge is -2.05. The number of hydrogen-bond acceptors (Lipinski definition) is 2. The highest BCUT2D eigenvalue weighted by Crippen LogP contribution is 2.13. The van der Waals surface area contributed by atoms with E-state index in [1.54, 1.807) is 0 Å². The normalized spacial score (nSPS) is 10.1. The number of ether oxygens (including phenoxy) is 1. The molecule has 0 aliphatic carbocycles. The van der Waals surface area contributed by atoms with Crippen LogP contribution in [0.1, 0.15) is 25.3 Å². The molecule has 1 aromatic carbocycles. The Bertz CT molecular complexity index is 216. The minimum atomic E-state index is 0.802. The average Bonchev–Trinajstić information content (AvgIpc) is 2.25. The van der Waals surface area contributed by atoms with Gasteiger partial charge in [-0.3, -0.25) is 0 Å². The molecule has 78 valence electrons. The van der Waals surface area contributed by atoms with Crippen molar-refractivity contribution in [2.45, 2.75) is 26.2 Å². The molecule has 1 nitrogen and oxygen atoms in total. The summed E-state index contributed by atoms with van der Waals surface area (Å²) in [6, 6.07) is 8.36. The fraction of sp³-hybridized carbons (Fsp3) is 0.500. The molecule has 0 spiro atoms. The van der Waals surface area contributed by atoms with Crippen molar-refractivity contribution in [3.8, 4) is 5.75 Å². The van der Waals surface area contributed by atoms with Gasteiger partial charge in [-0.1, -0.05) is 19.1 Å². The molecule has 0 atom stereocenters. The second kappa shape index (κ2) is 6.77. The molecule has 0 fully saturated rings. The van der Waals surface area contributed by atoms with E-state index in [2.05, 4.69) is 31.7 Å². The Balaban J connectivity index is 2.42. The van der Waals surface area contributed by atoms with Gasteiger partial charge in [0.05, 0.1) is 6.61 Å². The van der Waals surface area contributed by atoms with E-state index in [4.69, 9.17) is 4.74 Å². The van der Waals surface area contributed by atoms with Crippen LogP contribution < -0.4 is 4.74 Å². The first-order valence-corrected chi connectivity index (χ1v) is 5.82. The van der Waals surface area contributed by atoms with Crippen molar-refractivity contribution < 1.29 is 4.74 Å². The summed E-state index contributed by atoms with van der Waals surface area (Å²) in [7, 11) is 0. The summed E-state index contributed by atoms with van der Waals surface area (Å²) in [6.07, 6.45) is 3.30. The lowest BCUT2D eigenvalue weighted by Crippen LogP contribution is -1.95. The molecule has 0 heterocycles. The molecule has 0 aliphatic heterocycles. The monoisotopic (exact) mass is 210 g/mol. The van der Waals surface area contributed by atoms with Crippen LogP contribution in [0.25, 0.3) is 0 Å². The van der Waals surface area contributed by atoms with Gasteiger partial charge in [0, 0.05) is 0 Å². The summed E-state index contributed by atoms with van der Waals surface area (Å²) >= 11 is 4.19. The molecule has 1 rings (SSSR count). The maximum Gasteiger partial charge on any atom is 0.119 e. The van der Waals surface area contributed by atoms with Crippen molar-refractivity contribution in [2.75, 3.05) is 12.4 Å². The molecule has 1 aromatic rings. The first-order valence-electron chi connectivity index (χ1n) is 5.19. The fourth-order valence-electron chi connectivity index (χ4n) is 1.26. The van der Waals surface area contributed by atoms with Crippen LogP contribution in [0.4, 0.5) is 0 Å². The summed E-state index contributed by atoms with van der Waals surface area (Å²) in [6.45, 7) is 2.91. The third kappa shape index (κ3) is 4.05. The van der Waals surface area contributed by atoms with E-state index in [1.165, 1.54) is 5.56 Å². The zero-order valence-corrected chi connectivity index (χ0v) is 9.59. The van der Waals surface area contributed by atoms with E-state index >= 15 is 0 Å². The average molecular weight is 210 g/mol. The molecule has 0 N–H and O–H groups in total. The van der Waals surface area contributed by atoms with E-state index in [-0.39, 0.29) is 0 Å². The molecular formula is C12H18OS. The van der Waals surface area contributed by atoms with Crippen molar-refractivity contribution >= 4 is 12.6 Å². The van der Waals surface area contributed by atoms with Crippen LogP contribution in [0.2, 0.25) is 0 Å². The Morgan fingerprint density at radius 3 is 2.50 bits per heavy atom. The largest absolute Gasteiger partial charge is 0.494 e. The molecule has 0 saturated heterocycles. The number of rotatable bonds is 6.